The van der Waals surface area contributed by atoms with Gasteiger partial charge in [0.2, 0.25) is 0 Å². The van der Waals surface area contributed by atoms with Crippen LogP contribution < -0.4 is 10.9 Å². The van der Waals surface area contributed by atoms with Gasteiger partial charge in [0.1, 0.15) is 11.3 Å². The largest absolute Gasteiger partial charge is 0.320 e. The van der Waals surface area contributed by atoms with E-state index in [4.69, 9.17) is 11.6 Å². The van der Waals surface area contributed by atoms with Gasteiger partial charge in [-0.1, -0.05) is 29.8 Å². The fourth-order valence-corrected chi connectivity index (χ4v) is 2.75. The van der Waals surface area contributed by atoms with E-state index < -0.39 is 22.1 Å². The Labute approximate surface area is 146 Å². The number of carbonyl (C=O) groups excluding carboxylic acids is 1. The maximum absolute atomic E-state index is 12.5. The Morgan fingerprint density at radius 3 is 2.68 bits per heavy atom. The number of amides is 1. The number of para-hydroxylation sites is 1. The van der Waals surface area contributed by atoms with Gasteiger partial charge in [0.15, 0.2) is 0 Å². The van der Waals surface area contributed by atoms with E-state index in [0.717, 1.165) is 11.5 Å². The summed E-state index contributed by atoms with van der Waals surface area (Å²) < 4.78 is 0. The molecular weight excluding hydrogens is 346 g/mol. The number of fused-ring (bicyclic) bond motifs is 1. The number of nitro benzene ring substituents is 1. The van der Waals surface area contributed by atoms with Crippen LogP contribution in [-0.2, 0) is 0 Å². The Morgan fingerprint density at radius 2 is 1.96 bits per heavy atom. The van der Waals surface area contributed by atoms with Crippen molar-refractivity contribution in [1.29, 1.82) is 0 Å². The average Bonchev–Trinajstić information content (AvgIpc) is 2.58. The Morgan fingerprint density at radius 1 is 1.24 bits per heavy atom. The third-order valence-electron chi connectivity index (χ3n) is 3.82. The first kappa shape index (κ1) is 16.7. The molecule has 0 radical (unpaired) electrons. The molecular formula is C17H12ClN3O4. The Hall–Kier alpha value is -3.19. The predicted octanol–water partition coefficient (Wildman–Crippen LogP) is 3.65. The van der Waals surface area contributed by atoms with Crippen LogP contribution in [0.25, 0.3) is 10.9 Å². The molecule has 1 heterocycles. The van der Waals surface area contributed by atoms with E-state index in [1.165, 1.54) is 12.1 Å². The Bertz CT molecular complexity index is 1080. The van der Waals surface area contributed by atoms with E-state index >= 15 is 0 Å². The maximum atomic E-state index is 12.5. The van der Waals surface area contributed by atoms with Crippen LogP contribution in [0, 0.1) is 17.0 Å². The van der Waals surface area contributed by atoms with Gasteiger partial charge >= 0.3 is 0 Å². The number of aromatic nitrogens is 1. The normalized spacial score (nSPS) is 10.6. The van der Waals surface area contributed by atoms with Crippen LogP contribution in [0.1, 0.15) is 15.9 Å². The lowest BCUT2D eigenvalue weighted by atomic mass is 10.1. The summed E-state index contributed by atoms with van der Waals surface area (Å²) in [5, 5.41) is 14.5. The van der Waals surface area contributed by atoms with Gasteiger partial charge in [-0.3, -0.25) is 19.7 Å². The minimum absolute atomic E-state index is 0.0490. The second-order valence-electron chi connectivity index (χ2n) is 5.37. The van der Waals surface area contributed by atoms with Crippen LogP contribution >= 0.6 is 11.6 Å². The molecule has 8 heteroatoms. The summed E-state index contributed by atoms with van der Waals surface area (Å²) in [6.45, 7) is 1.70. The van der Waals surface area contributed by atoms with E-state index in [9.17, 15) is 19.7 Å². The second kappa shape index (κ2) is 6.37. The number of hydrogen-bond acceptors (Lipinski definition) is 4. The highest BCUT2D eigenvalue weighted by Crippen LogP contribution is 2.25. The van der Waals surface area contributed by atoms with Crippen LogP contribution in [-0.4, -0.2) is 15.8 Å². The number of aryl methyl sites for hydroxylation is 1. The van der Waals surface area contributed by atoms with Gasteiger partial charge in [0, 0.05) is 22.0 Å². The van der Waals surface area contributed by atoms with Crippen LogP contribution in [0.2, 0.25) is 5.02 Å². The number of nitrogens with one attached hydrogen (secondary N) is 2. The number of carbonyl (C=O) groups is 1. The first-order valence-electron chi connectivity index (χ1n) is 7.25. The van der Waals surface area contributed by atoms with E-state index in [1.807, 2.05) is 6.07 Å². The molecule has 1 amide bonds. The maximum Gasteiger partial charge on any atom is 0.283 e. The molecule has 0 saturated carbocycles. The van der Waals surface area contributed by atoms with Gasteiger partial charge in [-0.05, 0) is 30.7 Å². The van der Waals surface area contributed by atoms with E-state index in [1.54, 1.807) is 25.1 Å². The van der Waals surface area contributed by atoms with E-state index in [2.05, 4.69) is 10.3 Å². The Balaban J connectivity index is 2.07. The highest BCUT2D eigenvalue weighted by atomic mass is 35.5. The highest BCUT2D eigenvalue weighted by Gasteiger charge is 2.22. The number of rotatable bonds is 3. The number of anilines is 1. The minimum Gasteiger partial charge on any atom is -0.320 e. The molecule has 0 aliphatic rings. The predicted molar refractivity (Wildman–Crippen MR) is 95.4 cm³/mol. The molecule has 0 unspecified atom stereocenters. The SMILES string of the molecule is Cc1c(NC(=O)c2ccc(Cl)cc2[N+](=O)[O-])c(=O)[nH]c2ccccc12. The van der Waals surface area contributed by atoms with Gasteiger partial charge in [0.25, 0.3) is 17.2 Å². The second-order valence-corrected chi connectivity index (χ2v) is 5.81. The highest BCUT2D eigenvalue weighted by molar-refractivity contribution is 6.31. The first-order valence-corrected chi connectivity index (χ1v) is 7.63. The summed E-state index contributed by atoms with van der Waals surface area (Å²) >= 11 is 5.75. The fourth-order valence-electron chi connectivity index (χ4n) is 2.59. The summed E-state index contributed by atoms with van der Waals surface area (Å²) in [6, 6.07) is 10.9. The van der Waals surface area contributed by atoms with Gasteiger partial charge in [-0.15, -0.1) is 0 Å². The van der Waals surface area contributed by atoms with Gasteiger partial charge in [-0.2, -0.15) is 0 Å². The lowest BCUT2D eigenvalue weighted by molar-refractivity contribution is -0.385. The van der Waals surface area contributed by atoms with Crippen LogP contribution in [0.15, 0.2) is 47.3 Å². The van der Waals surface area contributed by atoms with Gasteiger partial charge in [-0.25, -0.2) is 0 Å². The summed E-state index contributed by atoms with van der Waals surface area (Å²) in [6.07, 6.45) is 0. The molecule has 3 rings (SSSR count). The molecule has 2 aromatic carbocycles. The van der Waals surface area contributed by atoms with Gasteiger partial charge in [0.05, 0.1) is 4.92 Å². The molecule has 3 aromatic rings. The van der Waals surface area contributed by atoms with Crippen LogP contribution in [0.4, 0.5) is 11.4 Å². The fraction of sp³-hybridized carbons (Fsp3) is 0.0588. The smallest absolute Gasteiger partial charge is 0.283 e. The third-order valence-corrected chi connectivity index (χ3v) is 4.06. The molecule has 0 aliphatic carbocycles. The number of benzene rings is 2. The summed E-state index contributed by atoms with van der Waals surface area (Å²) in [4.78, 5) is 37.9. The molecule has 0 spiro atoms. The van der Waals surface area contributed by atoms with Crippen LogP contribution in [0.3, 0.4) is 0 Å². The van der Waals surface area contributed by atoms with E-state index in [0.29, 0.717) is 11.1 Å². The third kappa shape index (κ3) is 3.09. The van der Waals surface area contributed by atoms with Crippen molar-refractivity contribution >= 4 is 39.8 Å². The summed E-state index contributed by atoms with van der Waals surface area (Å²) in [7, 11) is 0. The molecule has 0 bridgehead atoms. The molecule has 0 fully saturated rings. The standard InChI is InChI=1S/C17H12ClN3O4/c1-9-11-4-2-3-5-13(11)19-17(23)15(9)20-16(22)12-7-6-10(18)8-14(12)21(24)25/h2-8H,1H3,(H,19,23)(H,20,22). The molecule has 0 saturated heterocycles. The topological polar surface area (TPSA) is 105 Å². The van der Waals surface area contributed by atoms with Crippen LogP contribution in [0.5, 0.6) is 0 Å². The first-order chi connectivity index (χ1) is 11.9. The number of hydrogen-bond donors (Lipinski definition) is 2. The molecule has 7 nitrogen and oxygen atoms in total. The van der Waals surface area contributed by atoms with Crippen molar-refractivity contribution in [3.63, 3.8) is 0 Å². The Kier molecular flexibility index (Phi) is 4.24. The zero-order chi connectivity index (χ0) is 18.1. The number of aromatic amines is 1. The number of nitrogens with zero attached hydrogens (tertiary/aromatic N) is 1. The average molecular weight is 358 g/mol. The molecule has 1 aromatic heterocycles. The minimum atomic E-state index is -0.757. The van der Waals surface area contributed by atoms with Crippen molar-refractivity contribution in [2.45, 2.75) is 6.92 Å². The van der Waals surface area contributed by atoms with Crippen molar-refractivity contribution in [3.8, 4) is 0 Å². The quantitative estimate of drug-likeness (QED) is 0.551. The summed E-state index contributed by atoms with van der Waals surface area (Å²) in [5.74, 6) is -0.757. The number of halogens is 1. The van der Waals surface area contributed by atoms with Crippen molar-refractivity contribution in [2.24, 2.45) is 0 Å². The lowest BCUT2D eigenvalue weighted by Crippen LogP contribution is -2.22. The van der Waals surface area contributed by atoms with Crippen molar-refractivity contribution in [2.75, 3.05) is 5.32 Å². The lowest BCUT2D eigenvalue weighted by Gasteiger charge is -2.10. The molecule has 126 valence electrons. The number of nitro groups is 1. The van der Waals surface area contributed by atoms with E-state index in [-0.39, 0.29) is 16.3 Å². The molecule has 0 aliphatic heterocycles. The number of pyridine rings is 1. The number of H-pyrrole nitrogens is 1. The zero-order valence-corrected chi connectivity index (χ0v) is 13.8. The van der Waals surface area contributed by atoms with Crippen molar-refractivity contribution < 1.29 is 9.72 Å². The van der Waals surface area contributed by atoms with Crippen molar-refractivity contribution in [3.05, 3.63) is 79.1 Å². The van der Waals surface area contributed by atoms with Gasteiger partial charge < -0.3 is 10.3 Å². The van der Waals surface area contributed by atoms with Crippen molar-refractivity contribution in [1.82, 2.24) is 4.98 Å². The summed E-state index contributed by atoms with van der Waals surface area (Å²) in [5.41, 5.74) is 0.167. The molecule has 25 heavy (non-hydrogen) atoms. The monoisotopic (exact) mass is 357 g/mol. The molecule has 2 N–H and O–H groups in total. The zero-order valence-electron chi connectivity index (χ0n) is 13.0. The molecule has 0 atom stereocenters.